The van der Waals surface area contributed by atoms with Gasteiger partial charge < -0.3 is 10.1 Å². The molecule has 1 unspecified atom stereocenters. The van der Waals surface area contributed by atoms with E-state index in [1.165, 1.54) is 57.8 Å². The summed E-state index contributed by atoms with van der Waals surface area (Å²) in [4.78, 5) is 0. The van der Waals surface area contributed by atoms with Crippen molar-refractivity contribution in [2.75, 3.05) is 13.7 Å². The molecule has 0 bridgehead atoms. The largest absolute Gasteiger partial charge is 0.377 e. The summed E-state index contributed by atoms with van der Waals surface area (Å²) in [6, 6.07) is 0.475. The van der Waals surface area contributed by atoms with Gasteiger partial charge in [-0.15, -0.1) is 0 Å². The van der Waals surface area contributed by atoms with Crippen molar-refractivity contribution in [3.63, 3.8) is 0 Å². The Morgan fingerprint density at radius 3 is 1.89 bits per heavy atom. The number of hydrogen-bond donors (Lipinski definition) is 1. The fraction of sp³-hybridized carbons (Fsp3) is 1.00. The second kappa shape index (κ2) is 11.7. The standard InChI is InChI=1S/C17H37NO/c1-6-8-9-10-11-12-13-14-15-16(18-7-2)17(3,4)19-5/h16,18H,6-15H2,1-5H3. The van der Waals surface area contributed by atoms with Crippen LogP contribution in [0.15, 0.2) is 0 Å². The number of methoxy groups -OCH3 is 1. The molecule has 0 fully saturated rings. The molecule has 0 aliphatic carbocycles. The smallest absolute Gasteiger partial charge is 0.0774 e. The van der Waals surface area contributed by atoms with Crippen LogP contribution in [-0.2, 0) is 4.74 Å². The highest BCUT2D eigenvalue weighted by Crippen LogP contribution is 2.20. The van der Waals surface area contributed by atoms with Crippen molar-refractivity contribution in [1.29, 1.82) is 0 Å². The van der Waals surface area contributed by atoms with Gasteiger partial charge in [0.1, 0.15) is 0 Å². The van der Waals surface area contributed by atoms with E-state index in [2.05, 4.69) is 33.0 Å². The Balaban J connectivity index is 3.65. The third-order valence-electron chi connectivity index (χ3n) is 4.16. The van der Waals surface area contributed by atoms with Crippen molar-refractivity contribution >= 4 is 0 Å². The Morgan fingerprint density at radius 1 is 0.895 bits per heavy atom. The van der Waals surface area contributed by atoms with Gasteiger partial charge in [0.05, 0.1) is 5.60 Å². The zero-order valence-electron chi connectivity index (χ0n) is 14.1. The summed E-state index contributed by atoms with van der Waals surface area (Å²) in [6.45, 7) is 9.84. The van der Waals surface area contributed by atoms with E-state index in [9.17, 15) is 0 Å². The maximum atomic E-state index is 5.61. The predicted octanol–water partition coefficient (Wildman–Crippen LogP) is 4.92. The third-order valence-corrected chi connectivity index (χ3v) is 4.16. The van der Waals surface area contributed by atoms with Crippen LogP contribution in [0.3, 0.4) is 0 Å². The molecular weight excluding hydrogens is 234 g/mol. The first kappa shape index (κ1) is 18.9. The van der Waals surface area contributed by atoms with E-state index >= 15 is 0 Å². The van der Waals surface area contributed by atoms with E-state index in [4.69, 9.17) is 4.74 Å². The summed E-state index contributed by atoms with van der Waals surface area (Å²) >= 11 is 0. The predicted molar refractivity (Wildman–Crippen MR) is 85.8 cm³/mol. The van der Waals surface area contributed by atoms with E-state index in [0.29, 0.717) is 6.04 Å². The number of rotatable bonds is 13. The lowest BCUT2D eigenvalue weighted by Gasteiger charge is -2.33. The van der Waals surface area contributed by atoms with Crippen LogP contribution in [-0.4, -0.2) is 25.3 Å². The van der Waals surface area contributed by atoms with Crippen LogP contribution >= 0.6 is 0 Å². The van der Waals surface area contributed by atoms with Gasteiger partial charge in [0.15, 0.2) is 0 Å². The molecule has 0 radical (unpaired) electrons. The van der Waals surface area contributed by atoms with Gasteiger partial charge in [-0.2, -0.15) is 0 Å². The van der Waals surface area contributed by atoms with Gasteiger partial charge in [0.2, 0.25) is 0 Å². The van der Waals surface area contributed by atoms with Crippen molar-refractivity contribution < 1.29 is 4.74 Å². The third kappa shape index (κ3) is 9.45. The number of unbranched alkanes of at least 4 members (excludes halogenated alkanes) is 7. The number of ether oxygens (including phenoxy) is 1. The zero-order valence-corrected chi connectivity index (χ0v) is 14.1. The monoisotopic (exact) mass is 271 g/mol. The van der Waals surface area contributed by atoms with Gasteiger partial charge in [0, 0.05) is 13.2 Å². The first-order valence-electron chi connectivity index (χ1n) is 8.37. The van der Waals surface area contributed by atoms with E-state index in [1.807, 2.05) is 7.11 Å². The summed E-state index contributed by atoms with van der Waals surface area (Å²) in [6.07, 6.45) is 12.3. The minimum Gasteiger partial charge on any atom is -0.377 e. The van der Waals surface area contributed by atoms with Crippen molar-refractivity contribution in [3.8, 4) is 0 Å². The van der Waals surface area contributed by atoms with E-state index in [0.717, 1.165) is 6.54 Å². The molecule has 2 heteroatoms. The lowest BCUT2D eigenvalue weighted by Crippen LogP contribution is -2.48. The van der Waals surface area contributed by atoms with Crippen LogP contribution in [0.4, 0.5) is 0 Å². The molecule has 0 heterocycles. The minimum absolute atomic E-state index is 0.0584. The summed E-state index contributed by atoms with van der Waals surface area (Å²) in [5.74, 6) is 0. The lowest BCUT2D eigenvalue weighted by atomic mass is 9.93. The average Bonchev–Trinajstić information content (AvgIpc) is 2.40. The van der Waals surface area contributed by atoms with Gasteiger partial charge in [0.25, 0.3) is 0 Å². The summed E-state index contributed by atoms with van der Waals surface area (Å²) in [7, 11) is 1.82. The van der Waals surface area contributed by atoms with Crippen molar-refractivity contribution in [2.45, 2.75) is 97.1 Å². The van der Waals surface area contributed by atoms with Crippen LogP contribution in [0.2, 0.25) is 0 Å². The maximum Gasteiger partial charge on any atom is 0.0774 e. The highest BCUT2D eigenvalue weighted by Gasteiger charge is 2.27. The first-order valence-corrected chi connectivity index (χ1v) is 8.37. The molecule has 19 heavy (non-hydrogen) atoms. The van der Waals surface area contributed by atoms with Gasteiger partial charge in [-0.1, -0.05) is 65.2 Å². The molecule has 1 atom stereocenters. The second-order valence-electron chi connectivity index (χ2n) is 6.18. The number of hydrogen-bond acceptors (Lipinski definition) is 2. The molecule has 0 aromatic heterocycles. The number of likely N-dealkylation sites (N-methyl/N-ethyl adjacent to an activating group) is 1. The van der Waals surface area contributed by atoms with Crippen LogP contribution in [0.5, 0.6) is 0 Å². The molecule has 116 valence electrons. The van der Waals surface area contributed by atoms with Crippen LogP contribution in [0.25, 0.3) is 0 Å². The fourth-order valence-corrected chi connectivity index (χ4v) is 2.57. The van der Waals surface area contributed by atoms with Crippen molar-refractivity contribution in [3.05, 3.63) is 0 Å². The van der Waals surface area contributed by atoms with Crippen LogP contribution in [0.1, 0.15) is 85.5 Å². The lowest BCUT2D eigenvalue weighted by molar-refractivity contribution is -0.0127. The van der Waals surface area contributed by atoms with Crippen LogP contribution < -0.4 is 5.32 Å². The van der Waals surface area contributed by atoms with Gasteiger partial charge in [-0.05, 0) is 26.8 Å². The molecule has 0 aromatic carbocycles. The summed E-state index contributed by atoms with van der Waals surface area (Å²) in [5, 5.41) is 3.57. The maximum absolute atomic E-state index is 5.61. The molecule has 0 amide bonds. The number of nitrogens with one attached hydrogen (secondary N) is 1. The molecule has 1 N–H and O–H groups in total. The SMILES string of the molecule is CCCCCCCCCCC(NCC)C(C)(C)OC. The van der Waals surface area contributed by atoms with Crippen molar-refractivity contribution in [2.24, 2.45) is 0 Å². The van der Waals surface area contributed by atoms with Crippen molar-refractivity contribution in [1.82, 2.24) is 5.32 Å². The van der Waals surface area contributed by atoms with E-state index in [1.54, 1.807) is 0 Å². The molecular formula is C17H37NO. The van der Waals surface area contributed by atoms with Gasteiger partial charge in [-0.3, -0.25) is 0 Å². The molecule has 2 nitrogen and oxygen atoms in total. The molecule has 0 saturated carbocycles. The molecule has 0 aliphatic heterocycles. The quantitative estimate of drug-likeness (QED) is 0.480. The first-order chi connectivity index (χ1) is 9.08. The molecule has 0 rings (SSSR count). The Hall–Kier alpha value is -0.0800. The minimum atomic E-state index is -0.0584. The topological polar surface area (TPSA) is 21.3 Å². The Labute approximate surface area is 121 Å². The molecule has 0 saturated heterocycles. The van der Waals surface area contributed by atoms with Gasteiger partial charge >= 0.3 is 0 Å². The Kier molecular flexibility index (Phi) is 11.7. The van der Waals surface area contributed by atoms with E-state index in [-0.39, 0.29) is 5.60 Å². The summed E-state index contributed by atoms with van der Waals surface area (Å²) < 4.78 is 5.61. The molecule has 0 spiro atoms. The fourth-order valence-electron chi connectivity index (χ4n) is 2.57. The normalized spacial score (nSPS) is 13.7. The average molecular weight is 271 g/mol. The molecule has 0 aromatic rings. The Bertz CT molecular complexity index is 192. The highest BCUT2D eigenvalue weighted by molar-refractivity contribution is 4.84. The molecule has 0 aliphatic rings. The van der Waals surface area contributed by atoms with Gasteiger partial charge in [-0.25, -0.2) is 0 Å². The highest BCUT2D eigenvalue weighted by atomic mass is 16.5. The van der Waals surface area contributed by atoms with Crippen LogP contribution in [0, 0.1) is 0 Å². The van der Waals surface area contributed by atoms with E-state index < -0.39 is 0 Å². The zero-order chi connectivity index (χ0) is 14.6. The summed E-state index contributed by atoms with van der Waals surface area (Å²) in [5.41, 5.74) is -0.0584. The Morgan fingerprint density at radius 2 is 1.42 bits per heavy atom. The second-order valence-corrected chi connectivity index (χ2v) is 6.18.